The van der Waals surface area contributed by atoms with Crippen LogP contribution >= 0.6 is 11.6 Å². The summed E-state index contributed by atoms with van der Waals surface area (Å²) < 4.78 is 37.3. The largest absolute Gasteiger partial charge is 0.490 e. The number of nitrogens with one attached hydrogen (secondary N) is 1. The Morgan fingerprint density at radius 2 is 2.00 bits per heavy atom. The number of sulfonamides is 1. The van der Waals surface area contributed by atoms with Gasteiger partial charge in [0, 0.05) is 38.3 Å². The van der Waals surface area contributed by atoms with Crippen molar-refractivity contribution < 1.29 is 17.9 Å². The van der Waals surface area contributed by atoms with Gasteiger partial charge in [-0.05, 0) is 18.2 Å². The third-order valence-electron chi connectivity index (χ3n) is 3.14. The maximum atomic E-state index is 12.7. The summed E-state index contributed by atoms with van der Waals surface area (Å²) in [6.07, 6.45) is 0. The molecule has 1 aromatic rings. The first-order chi connectivity index (χ1) is 10.1. The molecule has 1 N–H and O–H groups in total. The second-order valence-electron chi connectivity index (χ2n) is 4.59. The fraction of sp³-hybridized carbons (Fsp3) is 0.538. The van der Waals surface area contributed by atoms with E-state index < -0.39 is 10.0 Å². The van der Waals surface area contributed by atoms with Crippen molar-refractivity contribution in [1.82, 2.24) is 9.62 Å². The summed E-state index contributed by atoms with van der Waals surface area (Å²) in [5, 5.41) is 3.49. The van der Waals surface area contributed by atoms with E-state index in [0.29, 0.717) is 43.6 Å². The Kier molecular flexibility index (Phi) is 5.83. The SMILES string of the molecule is COCCOc1ccc(Cl)cc1S(=O)(=O)N1CCNCC1. The van der Waals surface area contributed by atoms with E-state index in [4.69, 9.17) is 21.1 Å². The molecule has 0 spiro atoms. The summed E-state index contributed by atoms with van der Waals surface area (Å²) in [6, 6.07) is 4.62. The highest BCUT2D eigenvalue weighted by atomic mass is 35.5. The van der Waals surface area contributed by atoms with Crippen LogP contribution in [0.25, 0.3) is 0 Å². The molecule has 1 saturated heterocycles. The van der Waals surface area contributed by atoms with E-state index in [1.54, 1.807) is 19.2 Å². The van der Waals surface area contributed by atoms with Crippen LogP contribution in [0.5, 0.6) is 5.75 Å². The first kappa shape index (κ1) is 16.5. The van der Waals surface area contributed by atoms with Gasteiger partial charge in [0.15, 0.2) is 0 Å². The third-order valence-corrected chi connectivity index (χ3v) is 5.30. The summed E-state index contributed by atoms with van der Waals surface area (Å²) in [6.45, 7) is 2.82. The minimum Gasteiger partial charge on any atom is -0.490 e. The summed E-state index contributed by atoms with van der Waals surface area (Å²) in [4.78, 5) is 0.105. The molecule has 0 bridgehead atoms. The lowest BCUT2D eigenvalue weighted by Gasteiger charge is -2.27. The number of methoxy groups -OCH3 is 1. The van der Waals surface area contributed by atoms with Crippen LogP contribution in [0.2, 0.25) is 5.02 Å². The fourth-order valence-corrected chi connectivity index (χ4v) is 3.90. The molecule has 0 atom stereocenters. The maximum Gasteiger partial charge on any atom is 0.246 e. The molecule has 1 aromatic carbocycles. The summed E-state index contributed by atoms with van der Waals surface area (Å²) in [5.41, 5.74) is 0. The Morgan fingerprint density at radius 3 is 2.67 bits per heavy atom. The van der Waals surface area contributed by atoms with Crippen molar-refractivity contribution in [2.45, 2.75) is 4.90 Å². The van der Waals surface area contributed by atoms with Crippen LogP contribution in [0.3, 0.4) is 0 Å². The summed E-state index contributed by atoms with van der Waals surface area (Å²) >= 11 is 5.95. The molecule has 0 saturated carbocycles. The molecular formula is C13H19ClN2O4S. The number of halogens is 1. The molecule has 6 nitrogen and oxygen atoms in total. The molecule has 0 radical (unpaired) electrons. The molecule has 0 amide bonds. The molecule has 118 valence electrons. The van der Waals surface area contributed by atoms with Gasteiger partial charge in [0.05, 0.1) is 6.61 Å². The highest BCUT2D eigenvalue weighted by Gasteiger charge is 2.29. The van der Waals surface area contributed by atoms with Gasteiger partial charge in [-0.1, -0.05) is 11.6 Å². The van der Waals surface area contributed by atoms with Crippen LogP contribution in [0.15, 0.2) is 23.1 Å². The molecule has 1 aliphatic heterocycles. The van der Waals surface area contributed by atoms with Crippen LogP contribution < -0.4 is 10.1 Å². The number of rotatable bonds is 6. The van der Waals surface area contributed by atoms with Gasteiger partial charge in [-0.15, -0.1) is 0 Å². The smallest absolute Gasteiger partial charge is 0.246 e. The number of hydrogen-bond donors (Lipinski definition) is 1. The monoisotopic (exact) mass is 334 g/mol. The Balaban J connectivity index is 2.29. The molecule has 1 fully saturated rings. The lowest BCUT2D eigenvalue weighted by molar-refractivity contribution is 0.144. The molecular weight excluding hydrogens is 316 g/mol. The number of hydrogen-bond acceptors (Lipinski definition) is 5. The molecule has 2 rings (SSSR count). The van der Waals surface area contributed by atoms with Gasteiger partial charge in [-0.2, -0.15) is 4.31 Å². The average Bonchev–Trinajstić information content (AvgIpc) is 2.50. The van der Waals surface area contributed by atoms with Gasteiger partial charge in [-0.3, -0.25) is 0 Å². The average molecular weight is 335 g/mol. The zero-order valence-corrected chi connectivity index (χ0v) is 13.4. The van der Waals surface area contributed by atoms with Crippen LogP contribution in [-0.2, 0) is 14.8 Å². The molecule has 21 heavy (non-hydrogen) atoms. The lowest BCUT2D eigenvalue weighted by Crippen LogP contribution is -2.46. The zero-order valence-electron chi connectivity index (χ0n) is 11.8. The van der Waals surface area contributed by atoms with Crippen molar-refractivity contribution in [2.24, 2.45) is 0 Å². The van der Waals surface area contributed by atoms with Crippen molar-refractivity contribution in [3.05, 3.63) is 23.2 Å². The highest BCUT2D eigenvalue weighted by molar-refractivity contribution is 7.89. The standard InChI is InChI=1S/C13H19ClN2O4S/c1-19-8-9-20-12-3-2-11(14)10-13(12)21(17,18)16-6-4-15-5-7-16/h2-3,10,15H,4-9H2,1H3. The normalized spacial score (nSPS) is 16.9. The minimum atomic E-state index is -3.61. The van der Waals surface area contributed by atoms with Crippen LogP contribution in [-0.4, -0.2) is 59.2 Å². The molecule has 0 unspecified atom stereocenters. The maximum absolute atomic E-state index is 12.7. The van der Waals surface area contributed by atoms with E-state index in [2.05, 4.69) is 5.32 Å². The molecule has 8 heteroatoms. The summed E-state index contributed by atoms with van der Waals surface area (Å²) in [5.74, 6) is 0.301. The van der Waals surface area contributed by atoms with Gasteiger partial charge in [0.1, 0.15) is 17.3 Å². The Labute approximate surface area is 130 Å². The van der Waals surface area contributed by atoms with Crippen LogP contribution in [0.1, 0.15) is 0 Å². The lowest BCUT2D eigenvalue weighted by atomic mass is 10.3. The molecule has 1 aliphatic rings. The number of ether oxygens (including phenoxy) is 2. The number of piperazine rings is 1. The third kappa shape index (κ3) is 4.08. The quantitative estimate of drug-likeness (QED) is 0.785. The van der Waals surface area contributed by atoms with Crippen molar-refractivity contribution >= 4 is 21.6 Å². The Bertz CT molecular complexity index is 574. The van der Waals surface area contributed by atoms with E-state index in [1.165, 1.54) is 10.4 Å². The molecule has 0 aromatic heterocycles. The van der Waals surface area contributed by atoms with Crippen LogP contribution in [0.4, 0.5) is 0 Å². The highest BCUT2D eigenvalue weighted by Crippen LogP contribution is 2.30. The van der Waals surface area contributed by atoms with Gasteiger partial charge < -0.3 is 14.8 Å². The predicted octanol–water partition coefficient (Wildman–Crippen LogP) is 0.959. The second-order valence-corrected chi connectivity index (χ2v) is 6.93. The van der Waals surface area contributed by atoms with Crippen LogP contribution in [0, 0.1) is 0 Å². The predicted molar refractivity (Wildman–Crippen MR) is 80.5 cm³/mol. The fourth-order valence-electron chi connectivity index (χ4n) is 2.06. The van der Waals surface area contributed by atoms with Gasteiger partial charge in [0.25, 0.3) is 0 Å². The Hall–Kier alpha value is -0.860. The topological polar surface area (TPSA) is 67.9 Å². The van der Waals surface area contributed by atoms with Crippen molar-refractivity contribution in [1.29, 1.82) is 0 Å². The first-order valence-corrected chi connectivity index (χ1v) is 8.49. The first-order valence-electron chi connectivity index (χ1n) is 6.68. The Morgan fingerprint density at radius 1 is 1.29 bits per heavy atom. The molecule has 1 heterocycles. The van der Waals surface area contributed by atoms with E-state index in [1.807, 2.05) is 0 Å². The number of benzene rings is 1. The van der Waals surface area contributed by atoms with Crippen molar-refractivity contribution in [3.8, 4) is 5.75 Å². The molecule has 0 aliphatic carbocycles. The van der Waals surface area contributed by atoms with Gasteiger partial charge in [0.2, 0.25) is 10.0 Å². The van der Waals surface area contributed by atoms with Crippen molar-refractivity contribution in [2.75, 3.05) is 46.5 Å². The summed E-state index contributed by atoms with van der Waals surface area (Å²) in [7, 11) is -2.05. The van der Waals surface area contributed by atoms with Gasteiger partial charge in [-0.25, -0.2) is 8.42 Å². The van der Waals surface area contributed by atoms with Gasteiger partial charge >= 0.3 is 0 Å². The minimum absolute atomic E-state index is 0.105. The van der Waals surface area contributed by atoms with E-state index in [9.17, 15) is 8.42 Å². The second kappa shape index (κ2) is 7.42. The zero-order chi connectivity index (χ0) is 15.3. The van der Waals surface area contributed by atoms with Crippen molar-refractivity contribution in [3.63, 3.8) is 0 Å². The van der Waals surface area contributed by atoms with E-state index in [0.717, 1.165) is 0 Å². The number of nitrogens with zero attached hydrogens (tertiary/aromatic N) is 1. The van der Waals surface area contributed by atoms with E-state index >= 15 is 0 Å². The van der Waals surface area contributed by atoms with E-state index in [-0.39, 0.29) is 11.5 Å².